The lowest BCUT2D eigenvalue weighted by atomic mass is 9.90. The molecule has 1 N–H and O–H groups in total. The van der Waals surface area contributed by atoms with Gasteiger partial charge >= 0.3 is 12.1 Å². The van der Waals surface area contributed by atoms with E-state index in [1.165, 1.54) is 25.1 Å². The molecule has 0 saturated heterocycles. The third-order valence-corrected chi connectivity index (χ3v) is 3.38. The Bertz CT molecular complexity index is 708. The van der Waals surface area contributed by atoms with E-state index < -0.39 is 29.4 Å². The molecule has 6 heteroatoms. The fraction of sp³-hybridized carbons (Fsp3) is 0.188. The molecule has 2 aromatic rings. The first kappa shape index (κ1) is 16.0. The maximum absolute atomic E-state index is 13.9. The van der Waals surface area contributed by atoms with Crippen molar-refractivity contribution < 1.29 is 27.5 Å². The molecule has 0 fully saturated rings. The average molecular weight is 312 g/mol. The Labute approximate surface area is 124 Å². The van der Waals surface area contributed by atoms with Gasteiger partial charge in [0.25, 0.3) is 0 Å². The Balaban J connectivity index is 2.71. The molecule has 0 aliphatic carbocycles. The smallest absolute Gasteiger partial charge is 0.416 e. The second kappa shape index (κ2) is 5.79. The van der Waals surface area contributed by atoms with Crippen molar-refractivity contribution in [2.24, 2.45) is 0 Å². The lowest BCUT2D eigenvalue weighted by Crippen LogP contribution is -2.11. The summed E-state index contributed by atoms with van der Waals surface area (Å²) in [5, 5.41) is 9.09. The molecular weight excluding hydrogens is 300 g/mol. The maximum atomic E-state index is 13.9. The molecule has 0 radical (unpaired) electrons. The summed E-state index contributed by atoms with van der Waals surface area (Å²) in [7, 11) is 0. The van der Waals surface area contributed by atoms with Crippen LogP contribution in [0.2, 0.25) is 0 Å². The molecule has 0 saturated carbocycles. The van der Waals surface area contributed by atoms with E-state index in [9.17, 15) is 22.4 Å². The molecule has 1 atom stereocenters. The van der Waals surface area contributed by atoms with Crippen LogP contribution in [0.4, 0.5) is 17.6 Å². The van der Waals surface area contributed by atoms with Gasteiger partial charge in [-0.25, -0.2) is 4.39 Å². The predicted octanol–water partition coefficient (Wildman–Crippen LogP) is 4.70. The van der Waals surface area contributed by atoms with Gasteiger partial charge in [-0.3, -0.25) is 4.79 Å². The van der Waals surface area contributed by atoms with Gasteiger partial charge in [-0.1, -0.05) is 24.3 Å². The first-order valence-corrected chi connectivity index (χ1v) is 6.40. The third kappa shape index (κ3) is 3.10. The highest BCUT2D eigenvalue weighted by atomic mass is 19.4. The summed E-state index contributed by atoms with van der Waals surface area (Å²) in [5.41, 5.74) is -0.947. The Morgan fingerprint density at radius 2 is 1.73 bits per heavy atom. The summed E-state index contributed by atoms with van der Waals surface area (Å²) in [4.78, 5) is 11.1. The van der Waals surface area contributed by atoms with Crippen molar-refractivity contribution in [3.8, 4) is 11.1 Å². The zero-order valence-corrected chi connectivity index (χ0v) is 11.5. The van der Waals surface area contributed by atoms with Crippen molar-refractivity contribution in [3.05, 3.63) is 59.4 Å². The fourth-order valence-electron chi connectivity index (χ4n) is 2.16. The molecule has 1 unspecified atom stereocenters. The van der Waals surface area contributed by atoms with Gasteiger partial charge in [0, 0.05) is 5.56 Å². The van der Waals surface area contributed by atoms with E-state index in [2.05, 4.69) is 0 Å². The minimum atomic E-state index is -4.59. The van der Waals surface area contributed by atoms with Crippen LogP contribution in [0.3, 0.4) is 0 Å². The highest BCUT2D eigenvalue weighted by molar-refractivity contribution is 5.81. The number of hydrogen-bond acceptors (Lipinski definition) is 1. The summed E-state index contributed by atoms with van der Waals surface area (Å²) in [6.45, 7) is 1.34. The lowest BCUT2D eigenvalue weighted by molar-refractivity contribution is -0.138. The molecule has 22 heavy (non-hydrogen) atoms. The summed E-state index contributed by atoms with van der Waals surface area (Å²) >= 11 is 0. The normalized spacial score (nSPS) is 13.0. The second-order valence-corrected chi connectivity index (χ2v) is 4.84. The van der Waals surface area contributed by atoms with Gasteiger partial charge in [0.2, 0.25) is 0 Å². The van der Waals surface area contributed by atoms with Crippen LogP contribution in [0, 0.1) is 5.82 Å². The summed E-state index contributed by atoms with van der Waals surface area (Å²) in [5.74, 6) is -2.96. The fourth-order valence-corrected chi connectivity index (χ4v) is 2.16. The quantitative estimate of drug-likeness (QED) is 0.834. The van der Waals surface area contributed by atoms with Gasteiger partial charge in [-0.2, -0.15) is 13.2 Å². The number of halogens is 4. The Morgan fingerprint density at radius 1 is 1.09 bits per heavy atom. The lowest BCUT2D eigenvalue weighted by Gasteiger charge is -2.17. The summed E-state index contributed by atoms with van der Waals surface area (Å²) < 4.78 is 52.5. The van der Waals surface area contributed by atoms with Crippen molar-refractivity contribution >= 4 is 5.97 Å². The number of carboxylic acids is 1. The van der Waals surface area contributed by atoms with Crippen LogP contribution in [0.15, 0.2) is 42.5 Å². The van der Waals surface area contributed by atoms with E-state index in [4.69, 9.17) is 5.11 Å². The predicted molar refractivity (Wildman–Crippen MR) is 72.9 cm³/mol. The molecule has 0 aromatic heterocycles. The van der Waals surface area contributed by atoms with Gasteiger partial charge in [0.1, 0.15) is 5.82 Å². The molecular formula is C16H12F4O2. The van der Waals surface area contributed by atoms with E-state index >= 15 is 0 Å². The minimum Gasteiger partial charge on any atom is -0.481 e. The van der Waals surface area contributed by atoms with E-state index in [-0.39, 0.29) is 16.7 Å². The number of carbonyl (C=O) groups is 1. The summed E-state index contributed by atoms with van der Waals surface area (Å²) in [6, 6.07) is 8.00. The number of benzene rings is 2. The number of alkyl halides is 3. The third-order valence-electron chi connectivity index (χ3n) is 3.38. The molecule has 0 bridgehead atoms. The van der Waals surface area contributed by atoms with Crippen LogP contribution in [-0.2, 0) is 11.0 Å². The Morgan fingerprint density at radius 3 is 2.27 bits per heavy atom. The van der Waals surface area contributed by atoms with Crippen LogP contribution in [0.5, 0.6) is 0 Å². The molecule has 0 spiro atoms. The van der Waals surface area contributed by atoms with Gasteiger partial charge in [-0.15, -0.1) is 0 Å². The molecule has 116 valence electrons. The highest BCUT2D eigenvalue weighted by Crippen LogP contribution is 2.37. The van der Waals surface area contributed by atoms with E-state index in [0.717, 1.165) is 24.3 Å². The van der Waals surface area contributed by atoms with Crippen molar-refractivity contribution in [2.75, 3.05) is 0 Å². The van der Waals surface area contributed by atoms with Crippen LogP contribution in [-0.4, -0.2) is 11.1 Å². The maximum Gasteiger partial charge on any atom is 0.416 e. The monoisotopic (exact) mass is 312 g/mol. The van der Waals surface area contributed by atoms with Crippen molar-refractivity contribution in [3.63, 3.8) is 0 Å². The highest BCUT2D eigenvalue weighted by Gasteiger charge is 2.32. The van der Waals surface area contributed by atoms with Gasteiger partial charge in [-0.05, 0) is 36.2 Å². The SMILES string of the molecule is CC(C(=O)O)c1ccc(C(F)(F)F)cc1-c1ccccc1F. The Kier molecular flexibility index (Phi) is 4.21. The van der Waals surface area contributed by atoms with E-state index in [0.29, 0.717) is 0 Å². The summed E-state index contributed by atoms with van der Waals surface area (Å²) in [6.07, 6.45) is -4.59. The zero-order chi connectivity index (χ0) is 16.5. The van der Waals surface area contributed by atoms with E-state index in [1.54, 1.807) is 0 Å². The van der Waals surface area contributed by atoms with Gasteiger partial charge in [0.05, 0.1) is 11.5 Å². The second-order valence-electron chi connectivity index (χ2n) is 4.84. The van der Waals surface area contributed by atoms with Crippen molar-refractivity contribution in [1.82, 2.24) is 0 Å². The number of carboxylic acid groups (broad SMARTS) is 1. The number of aliphatic carboxylic acids is 1. The van der Waals surface area contributed by atoms with Crippen molar-refractivity contribution in [1.29, 1.82) is 0 Å². The van der Waals surface area contributed by atoms with Crippen molar-refractivity contribution in [2.45, 2.75) is 19.0 Å². The standard InChI is InChI=1S/C16H12F4O2/c1-9(15(21)22)11-7-6-10(16(18,19)20)8-13(11)12-4-2-3-5-14(12)17/h2-9H,1H3,(H,21,22). The van der Waals surface area contributed by atoms with Gasteiger partial charge < -0.3 is 5.11 Å². The average Bonchev–Trinajstić information content (AvgIpc) is 2.45. The first-order chi connectivity index (χ1) is 10.2. The molecule has 2 nitrogen and oxygen atoms in total. The molecule has 2 aromatic carbocycles. The van der Waals surface area contributed by atoms with Crippen LogP contribution in [0.25, 0.3) is 11.1 Å². The zero-order valence-electron chi connectivity index (χ0n) is 11.5. The van der Waals surface area contributed by atoms with Crippen LogP contribution >= 0.6 is 0 Å². The first-order valence-electron chi connectivity index (χ1n) is 6.40. The van der Waals surface area contributed by atoms with Crippen LogP contribution < -0.4 is 0 Å². The topological polar surface area (TPSA) is 37.3 Å². The van der Waals surface area contributed by atoms with Crippen LogP contribution in [0.1, 0.15) is 24.0 Å². The molecule has 2 rings (SSSR count). The molecule has 0 aliphatic rings. The molecule has 0 amide bonds. The largest absolute Gasteiger partial charge is 0.481 e. The number of rotatable bonds is 3. The van der Waals surface area contributed by atoms with E-state index in [1.807, 2.05) is 0 Å². The molecule has 0 heterocycles. The Hall–Kier alpha value is -2.37. The molecule has 0 aliphatic heterocycles. The van der Waals surface area contributed by atoms with Gasteiger partial charge in [0.15, 0.2) is 0 Å². The minimum absolute atomic E-state index is 0.0586. The number of hydrogen-bond donors (Lipinski definition) is 1.